The third kappa shape index (κ3) is 2.95. The van der Waals surface area contributed by atoms with Gasteiger partial charge in [-0.1, -0.05) is 24.3 Å². The fourth-order valence-electron chi connectivity index (χ4n) is 3.80. The minimum Gasteiger partial charge on any atom is -0.378 e. The van der Waals surface area contributed by atoms with E-state index in [4.69, 9.17) is 4.74 Å². The fraction of sp³-hybridized carbons (Fsp3) is 0.474. The van der Waals surface area contributed by atoms with Gasteiger partial charge in [0.2, 0.25) is 0 Å². The lowest BCUT2D eigenvalue weighted by Crippen LogP contribution is -2.41. The molecular weight excluding hydrogens is 288 g/mol. The molecule has 1 aromatic carbocycles. The highest BCUT2D eigenvalue weighted by Crippen LogP contribution is 2.29. The van der Waals surface area contributed by atoms with Crippen LogP contribution in [0, 0.1) is 5.92 Å². The summed E-state index contributed by atoms with van der Waals surface area (Å²) < 4.78 is 5.81. The number of carbonyl (C=O) groups is 1. The average molecular weight is 310 g/mol. The lowest BCUT2D eigenvalue weighted by molar-refractivity contribution is 0.0289. The van der Waals surface area contributed by atoms with Crippen LogP contribution in [0.1, 0.15) is 36.2 Å². The second kappa shape index (κ2) is 6.28. The van der Waals surface area contributed by atoms with Gasteiger partial charge in [0.05, 0.1) is 11.6 Å². The monoisotopic (exact) mass is 310 g/mol. The van der Waals surface area contributed by atoms with Gasteiger partial charge in [0.1, 0.15) is 5.69 Å². The first kappa shape index (κ1) is 14.6. The van der Waals surface area contributed by atoms with E-state index in [0.717, 1.165) is 43.4 Å². The van der Waals surface area contributed by atoms with Crippen LogP contribution in [0.4, 0.5) is 0 Å². The first-order valence-corrected chi connectivity index (χ1v) is 8.58. The van der Waals surface area contributed by atoms with Crippen LogP contribution in [-0.4, -0.2) is 41.6 Å². The Balaban J connectivity index is 1.44. The predicted molar refractivity (Wildman–Crippen MR) is 89.3 cm³/mol. The molecule has 0 N–H and O–H groups in total. The van der Waals surface area contributed by atoms with Crippen molar-refractivity contribution in [2.24, 2.45) is 5.92 Å². The predicted octanol–water partition coefficient (Wildman–Crippen LogP) is 3.27. The molecule has 1 amide bonds. The Morgan fingerprint density at radius 3 is 2.70 bits per heavy atom. The molecule has 23 heavy (non-hydrogen) atoms. The second-order valence-corrected chi connectivity index (χ2v) is 6.57. The number of piperidine rings is 1. The molecule has 4 heteroatoms. The third-order valence-electron chi connectivity index (χ3n) is 5.14. The van der Waals surface area contributed by atoms with E-state index in [1.165, 1.54) is 12.8 Å². The number of aromatic nitrogens is 1. The van der Waals surface area contributed by atoms with Crippen molar-refractivity contribution < 1.29 is 9.53 Å². The molecule has 4 rings (SSSR count). The van der Waals surface area contributed by atoms with Crippen molar-refractivity contribution in [3.8, 4) is 0 Å². The number of hydrogen-bond acceptors (Lipinski definition) is 3. The van der Waals surface area contributed by atoms with Crippen LogP contribution in [0.15, 0.2) is 36.4 Å². The number of hydrogen-bond donors (Lipinski definition) is 0. The topological polar surface area (TPSA) is 42.4 Å². The van der Waals surface area contributed by atoms with E-state index in [-0.39, 0.29) is 5.91 Å². The molecule has 2 aliphatic rings. The first-order chi connectivity index (χ1) is 11.3. The number of fused-ring (bicyclic) bond motifs is 1. The second-order valence-electron chi connectivity index (χ2n) is 6.57. The molecular formula is C19H22N2O2. The van der Waals surface area contributed by atoms with Gasteiger partial charge in [-0.25, -0.2) is 4.98 Å². The van der Waals surface area contributed by atoms with E-state index in [9.17, 15) is 4.79 Å². The van der Waals surface area contributed by atoms with Gasteiger partial charge in [-0.2, -0.15) is 0 Å². The Morgan fingerprint density at radius 1 is 1.09 bits per heavy atom. The smallest absolute Gasteiger partial charge is 0.272 e. The zero-order chi connectivity index (χ0) is 15.6. The summed E-state index contributed by atoms with van der Waals surface area (Å²) in [6.45, 7) is 2.54. The highest BCUT2D eigenvalue weighted by Gasteiger charge is 2.31. The highest BCUT2D eigenvalue weighted by molar-refractivity contribution is 5.94. The van der Waals surface area contributed by atoms with Crippen molar-refractivity contribution in [3.63, 3.8) is 0 Å². The first-order valence-electron chi connectivity index (χ1n) is 8.58. The molecule has 0 radical (unpaired) electrons. The summed E-state index contributed by atoms with van der Waals surface area (Å²) in [5.74, 6) is 0.674. The molecule has 0 bridgehead atoms. The Bertz CT molecular complexity index is 701. The summed E-state index contributed by atoms with van der Waals surface area (Å²) in [5.41, 5.74) is 1.44. The molecule has 2 saturated heterocycles. The standard InChI is InChI=1S/C19H22N2O2/c22-19(17-8-7-14-4-1-2-5-16(14)20-17)21-11-9-15(10-12-21)18-6-3-13-23-18/h1-2,4-5,7-8,15,18H,3,6,9-13H2. The molecule has 4 nitrogen and oxygen atoms in total. The summed E-state index contributed by atoms with van der Waals surface area (Å²) in [4.78, 5) is 19.2. The lowest BCUT2D eigenvalue weighted by atomic mass is 9.89. The van der Waals surface area contributed by atoms with Gasteiger partial charge in [0.15, 0.2) is 0 Å². The molecule has 2 aromatic rings. The minimum absolute atomic E-state index is 0.0570. The van der Waals surface area contributed by atoms with E-state index in [1.807, 2.05) is 41.3 Å². The summed E-state index contributed by atoms with van der Waals surface area (Å²) in [5, 5.41) is 1.07. The fourth-order valence-corrected chi connectivity index (χ4v) is 3.80. The summed E-state index contributed by atoms with van der Waals surface area (Å²) in [7, 11) is 0. The van der Waals surface area contributed by atoms with E-state index in [2.05, 4.69) is 4.98 Å². The largest absolute Gasteiger partial charge is 0.378 e. The number of carbonyl (C=O) groups excluding carboxylic acids is 1. The van der Waals surface area contributed by atoms with Crippen LogP contribution < -0.4 is 0 Å². The Morgan fingerprint density at radius 2 is 1.91 bits per heavy atom. The Kier molecular flexibility index (Phi) is 4.00. The molecule has 2 fully saturated rings. The molecule has 1 unspecified atom stereocenters. The van der Waals surface area contributed by atoms with E-state index in [0.29, 0.717) is 17.7 Å². The Labute approximate surface area is 136 Å². The van der Waals surface area contributed by atoms with Crippen molar-refractivity contribution in [3.05, 3.63) is 42.1 Å². The minimum atomic E-state index is 0.0570. The number of para-hydroxylation sites is 1. The van der Waals surface area contributed by atoms with Crippen molar-refractivity contribution in [2.75, 3.05) is 19.7 Å². The zero-order valence-electron chi connectivity index (χ0n) is 13.3. The number of rotatable bonds is 2. The average Bonchev–Trinajstić information content (AvgIpc) is 3.15. The molecule has 1 atom stereocenters. The van der Waals surface area contributed by atoms with Gasteiger partial charge in [-0.05, 0) is 43.7 Å². The van der Waals surface area contributed by atoms with E-state index < -0.39 is 0 Å². The van der Waals surface area contributed by atoms with Crippen molar-refractivity contribution >= 4 is 16.8 Å². The van der Waals surface area contributed by atoms with E-state index >= 15 is 0 Å². The molecule has 1 aromatic heterocycles. The molecule has 0 saturated carbocycles. The summed E-state index contributed by atoms with van der Waals surface area (Å²) in [6, 6.07) is 11.7. The summed E-state index contributed by atoms with van der Waals surface area (Å²) in [6.07, 6.45) is 4.88. The number of benzene rings is 1. The Hall–Kier alpha value is -1.94. The van der Waals surface area contributed by atoms with Crippen LogP contribution in [0.25, 0.3) is 10.9 Å². The van der Waals surface area contributed by atoms with Gasteiger partial charge in [-0.3, -0.25) is 4.79 Å². The highest BCUT2D eigenvalue weighted by atomic mass is 16.5. The maximum Gasteiger partial charge on any atom is 0.272 e. The number of amides is 1. The molecule has 2 aliphatic heterocycles. The SMILES string of the molecule is O=C(c1ccc2ccccc2n1)N1CCC(C2CCCO2)CC1. The number of nitrogens with zero attached hydrogens (tertiary/aromatic N) is 2. The normalized spacial score (nSPS) is 22.6. The maximum atomic E-state index is 12.7. The van der Waals surface area contributed by atoms with Gasteiger partial charge in [0, 0.05) is 25.1 Å². The molecule has 0 spiro atoms. The zero-order valence-corrected chi connectivity index (χ0v) is 13.3. The van der Waals surface area contributed by atoms with Crippen LogP contribution in [-0.2, 0) is 4.74 Å². The van der Waals surface area contributed by atoms with Crippen LogP contribution >= 0.6 is 0 Å². The number of pyridine rings is 1. The van der Waals surface area contributed by atoms with Gasteiger partial charge >= 0.3 is 0 Å². The van der Waals surface area contributed by atoms with Crippen LogP contribution in [0.5, 0.6) is 0 Å². The number of ether oxygens (including phenoxy) is 1. The van der Waals surface area contributed by atoms with Crippen molar-refractivity contribution in [1.82, 2.24) is 9.88 Å². The quantitative estimate of drug-likeness (QED) is 0.855. The third-order valence-corrected chi connectivity index (χ3v) is 5.14. The van der Waals surface area contributed by atoms with Crippen LogP contribution in [0.2, 0.25) is 0 Å². The molecule has 0 aliphatic carbocycles. The van der Waals surface area contributed by atoms with Crippen molar-refractivity contribution in [1.29, 1.82) is 0 Å². The van der Waals surface area contributed by atoms with Crippen LogP contribution in [0.3, 0.4) is 0 Å². The van der Waals surface area contributed by atoms with E-state index in [1.54, 1.807) is 0 Å². The van der Waals surface area contributed by atoms with Gasteiger partial charge < -0.3 is 9.64 Å². The van der Waals surface area contributed by atoms with Gasteiger partial charge in [0.25, 0.3) is 5.91 Å². The lowest BCUT2D eigenvalue weighted by Gasteiger charge is -2.34. The van der Waals surface area contributed by atoms with Crippen molar-refractivity contribution in [2.45, 2.75) is 31.8 Å². The molecule has 3 heterocycles. The van der Waals surface area contributed by atoms with Gasteiger partial charge in [-0.15, -0.1) is 0 Å². The summed E-state index contributed by atoms with van der Waals surface area (Å²) >= 11 is 0. The maximum absolute atomic E-state index is 12.7. The molecule has 120 valence electrons. The number of likely N-dealkylation sites (tertiary alicyclic amines) is 1.